The molecule has 0 aromatic heterocycles. The van der Waals surface area contributed by atoms with Gasteiger partial charge in [-0.3, -0.25) is 19.2 Å². The molecule has 2 aromatic rings. The van der Waals surface area contributed by atoms with Gasteiger partial charge >= 0.3 is 11.9 Å². The molecule has 2 aromatic carbocycles. The van der Waals surface area contributed by atoms with Crippen LogP contribution < -0.4 is 10.6 Å². The zero-order valence-corrected chi connectivity index (χ0v) is 39.0. The molecule has 0 aliphatic rings. The second-order valence-corrected chi connectivity index (χ2v) is 19.5. The lowest BCUT2D eigenvalue weighted by Crippen LogP contribution is -2.43. The Morgan fingerprint density at radius 2 is 0.950 bits per heavy atom. The van der Waals surface area contributed by atoms with Crippen molar-refractivity contribution in [3.8, 4) is 0 Å². The van der Waals surface area contributed by atoms with Crippen LogP contribution in [0.3, 0.4) is 0 Å². The lowest BCUT2D eigenvalue weighted by atomic mass is 10.0. The average molecular weight is 877 g/mol. The van der Waals surface area contributed by atoms with Crippen molar-refractivity contribution in [1.29, 1.82) is 0 Å². The fourth-order valence-corrected chi connectivity index (χ4v) is 7.38. The molecule has 60 heavy (non-hydrogen) atoms. The van der Waals surface area contributed by atoms with Gasteiger partial charge in [0, 0.05) is 37.4 Å². The molecule has 12 nitrogen and oxygen atoms in total. The fourth-order valence-electron chi connectivity index (χ4n) is 5.40. The summed E-state index contributed by atoms with van der Waals surface area (Å²) in [5.41, 5.74) is 0.00496. The van der Waals surface area contributed by atoms with Crippen molar-refractivity contribution >= 4 is 45.3 Å². The van der Waals surface area contributed by atoms with Crippen molar-refractivity contribution in [2.24, 2.45) is 0 Å². The standard InChI is InChI=1S/C46H72N2O10S2/c1-9-46(8,58-31-26-45(6,7)56-29-21-42(52)54-35-38-18-14-11-15-19-38)36-48-40(50)23-33-60-59-32-22-39(49)47-27-24-43(2,3)57-30-25-44(4,5)55-28-20-41(51)53-34-37-16-12-10-13-17-37/h10-19H,9,20-36H2,1-8H3,(H,47,49)(H,48,50). The predicted octanol–water partition coefficient (Wildman–Crippen LogP) is 8.39. The van der Waals surface area contributed by atoms with Crippen molar-refractivity contribution in [2.45, 2.75) is 142 Å². The smallest absolute Gasteiger partial charge is 0.308 e. The van der Waals surface area contributed by atoms with Crippen LogP contribution in [0.25, 0.3) is 0 Å². The number of esters is 2. The van der Waals surface area contributed by atoms with Crippen LogP contribution >= 0.6 is 21.6 Å². The van der Waals surface area contributed by atoms with E-state index in [1.165, 1.54) is 0 Å². The third kappa shape index (κ3) is 26.3. The molecular formula is C46H72N2O10S2. The van der Waals surface area contributed by atoms with E-state index in [2.05, 4.69) is 10.6 Å². The minimum absolute atomic E-state index is 0.0125. The van der Waals surface area contributed by atoms with Gasteiger partial charge in [-0.2, -0.15) is 0 Å². The highest BCUT2D eigenvalue weighted by molar-refractivity contribution is 8.76. The van der Waals surface area contributed by atoms with E-state index in [4.69, 9.17) is 28.4 Å². The first kappa shape index (κ1) is 53.0. The summed E-state index contributed by atoms with van der Waals surface area (Å²) in [6.07, 6.45) is 3.80. The maximum absolute atomic E-state index is 12.6. The Morgan fingerprint density at radius 3 is 1.42 bits per heavy atom. The number of rotatable bonds is 33. The van der Waals surface area contributed by atoms with Gasteiger partial charge < -0.3 is 39.1 Å². The van der Waals surface area contributed by atoms with Crippen molar-refractivity contribution < 1.29 is 47.6 Å². The summed E-state index contributed by atoms with van der Waals surface area (Å²) in [6.45, 7) is 18.8. The Bertz CT molecular complexity index is 1530. The molecule has 0 bridgehead atoms. The van der Waals surface area contributed by atoms with Crippen LogP contribution in [0.4, 0.5) is 0 Å². The Balaban J connectivity index is 1.48. The minimum Gasteiger partial charge on any atom is -0.461 e. The first-order valence-corrected chi connectivity index (χ1v) is 23.6. The molecule has 14 heteroatoms. The Kier molecular flexibility index (Phi) is 25.1. The Hall–Kier alpha value is -3.14. The summed E-state index contributed by atoms with van der Waals surface area (Å²) in [6, 6.07) is 19.1. The van der Waals surface area contributed by atoms with Gasteiger partial charge in [0.15, 0.2) is 0 Å². The maximum atomic E-state index is 12.6. The van der Waals surface area contributed by atoms with Gasteiger partial charge in [0.25, 0.3) is 0 Å². The van der Waals surface area contributed by atoms with Crippen LogP contribution in [0, 0.1) is 0 Å². The van der Waals surface area contributed by atoms with Gasteiger partial charge in [0.05, 0.1) is 61.7 Å². The molecule has 2 amide bonds. The first-order valence-electron chi connectivity index (χ1n) is 21.1. The van der Waals surface area contributed by atoms with Crippen molar-refractivity contribution in [2.75, 3.05) is 51.0 Å². The SMILES string of the molecule is CCC(C)(CNC(=O)CCSSCCC(=O)NCCC(C)(C)OCCC(C)(C)OCCC(=O)OCc1ccccc1)OCCC(C)(C)OCCC(=O)OCc1ccccc1. The molecular weight excluding hydrogens is 805 g/mol. The van der Waals surface area contributed by atoms with Crippen LogP contribution in [-0.2, 0) is 60.8 Å². The summed E-state index contributed by atoms with van der Waals surface area (Å²) >= 11 is 0. The number of ether oxygens (including phenoxy) is 6. The topological polar surface area (TPSA) is 148 Å². The highest BCUT2D eigenvalue weighted by Crippen LogP contribution is 2.24. The second kappa shape index (κ2) is 28.5. The molecule has 0 spiro atoms. The molecule has 2 rings (SSSR count). The second-order valence-electron chi connectivity index (χ2n) is 16.8. The number of carbonyl (C=O) groups excluding carboxylic acids is 4. The largest absolute Gasteiger partial charge is 0.461 e. The van der Waals surface area contributed by atoms with Gasteiger partial charge in [-0.1, -0.05) is 89.2 Å². The van der Waals surface area contributed by atoms with E-state index in [-0.39, 0.29) is 63.0 Å². The number of amides is 2. The number of hydrogen-bond acceptors (Lipinski definition) is 12. The van der Waals surface area contributed by atoms with Gasteiger partial charge in [-0.05, 0) is 85.3 Å². The molecule has 0 heterocycles. The summed E-state index contributed by atoms with van der Waals surface area (Å²) in [7, 11) is 3.17. The van der Waals surface area contributed by atoms with E-state index < -0.39 is 22.4 Å². The van der Waals surface area contributed by atoms with E-state index in [0.29, 0.717) is 69.9 Å². The highest BCUT2D eigenvalue weighted by atomic mass is 33.1. The molecule has 338 valence electrons. The van der Waals surface area contributed by atoms with Crippen molar-refractivity contribution in [1.82, 2.24) is 10.6 Å². The molecule has 0 aliphatic heterocycles. The number of benzene rings is 2. The van der Waals surface area contributed by atoms with Crippen LogP contribution in [0.2, 0.25) is 0 Å². The lowest BCUT2D eigenvalue weighted by Gasteiger charge is -2.32. The quantitative estimate of drug-likeness (QED) is 0.0403. The Labute approximate surface area is 367 Å². The molecule has 0 saturated carbocycles. The molecule has 0 radical (unpaired) electrons. The summed E-state index contributed by atoms with van der Waals surface area (Å²) in [4.78, 5) is 49.2. The van der Waals surface area contributed by atoms with Crippen LogP contribution in [-0.4, -0.2) is 97.2 Å². The van der Waals surface area contributed by atoms with E-state index in [9.17, 15) is 19.2 Å². The van der Waals surface area contributed by atoms with Gasteiger partial charge in [-0.25, -0.2) is 0 Å². The average Bonchev–Trinajstić information content (AvgIpc) is 3.20. The fraction of sp³-hybridized carbons (Fsp3) is 0.652. The van der Waals surface area contributed by atoms with Gasteiger partial charge in [0.2, 0.25) is 11.8 Å². The highest BCUT2D eigenvalue weighted by Gasteiger charge is 2.27. The summed E-state index contributed by atoms with van der Waals surface area (Å²) in [5, 5.41) is 6.00. The molecule has 0 aliphatic carbocycles. The van der Waals surface area contributed by atoms with Gasteiger partial charge in [-0.15, -0.1) is 0 Å². The minimum atomic E-state index is -0.515. The summed E-state index contributed by atoms with van der Waals surface area (Å²) in [5.74, 6) is 0.651. The van der Waals surface area contributed by atoms with E-state index in [1.54, 1.807) is 21.6 Å². The van der Waals surface area contributed by atoms with Crippen LogP contribution in [0.5, 0.6) is 0 Å². The lowest BCUT2D eigenvalue weighted by molar-refractivity contribution is -0.149. The zero-order valence-electron chi connectivity index (χ0n) is 37.4. The maximum Gasteiger partial charge on any atom is 0.308 e. The van der Waals surface area contributed by atoms with Crippen molar-refractivity contribution in [3.63, 3.8) is 0 Å². The number of hydrogen-bond donors (Lipinski definition) is 2. The van der Waals surface area contributed by atoms with Gasteiger partial charge in [0.1, 0.15) is 13.2 Å². The third-order valence-corrected chi connectivity index (χ3v) is 12.2. The van der Waals surface area contributed by atoms with Crippen LogP contribution in [0.15, 0.2) is 60.7 Å². The monoisotopic (exact) mass is 876 g/mol. The number of nitrogens with one attached hydrogen (secondary N) is 2. The molecule has 0 fully saturated rings. The summed E-state index contributed by atoms with van der Waals surface area (Å²) < 4.78 is 34.9. The first-order chi connectivity index (χ1) is 28.4. The molecule has 1 unspecified atom stereocenters. The Morgan fingerprint density at radius 1 is 0.533 bits per heavy atom. The molecule has 1 atom stereocenters. The van der Waals surface area contributed by atoms with Crippen molar-refractivity contribution in [3.05, 3.63) is 71.8 Å². The zero-order chi connectivity index (χ0) is 44.3. The number of carbonyl (C=O) groups is 4. The van der Waals surface area contributed by atoms with Crippen LogP contribution in [0.1, 0.15) is 118 Å². The molecule has 2 N–H and O–H groups in total. The predicted molar refractivity (Wildman–Crippen MR) is 240 cm³/mol. The molecule has 0 saturated heterocycles. The van der Waals surface area contributed by atoms with E-state index in [1.807, 2.05) is 116 Å². The normalized spacial score (nSPS) is 13.0. The third-order valence-electron chi connectivity index (χ3n) is 9.80. The van der Waals surface area contributed by atoms with E-state index in [0.717, 1.165) is 17.5 Å². The van der Waals surface area contributed by atoms with E-state index >= 15 is 0 Å².